The summed E-state index contributed by atoms with van der Waals surface area (Å²) < 4.78 is 0. The van der Waals surface area contributed by atoms with Gasteiger partial charge >= 0.3 is 0 Å². The van der Waals surface area contributed by atoms with Crippen LogP contribution in [0.4, 0.5) is 0 Å². The van der Waals surface area contributed by atoms with Crippen molar-refractivity contribution in [2.24, 2.45) is 0 Å². The third-order valence-electron chi connectivity index (χ3n) is 5.26. The summed E-state index contributed by atoms with van der Waals surface area (Å²) in [5, 5.41) is 5.99. The summed E-state index contributed by atoms with van der Waals surface area (Å²) in [7, 11) is -0.546. The van der Waals surface area contributed by atoms with E-state index in [0.29, 0.717) is 0 Å². The lowest BCUT2D eigenvalue weighted by atomic mass is 10.4. The molecule has 4 aromatic carbocycles. The zero-order valence-corrected chi connectivity index (χ0v) is 18.6. The Balaban J connectivity index is 2.06. The molecule has 0 amide bonds. The molecule has 0 aromatic heterocycles. The van der Waals surface area contributed by atoms with Crippen LogP contribution in [0.2, 0.25) is 0 Å². The Morgan fingerprint density at radius 1 is 0.517 bits per heavy atom. The van der Waals surface area contributed by atoms with E-state index in [-0.39, 0.29) is 0 Å². The van der Waals surface area contributed by atoms with Gasteiger partial charge in [0, 0.05) is 10.6 Å². The van der Waals surface area contributed by atoms with Gasteiger partial charge in [-0.25, -0.2) is 0 Å². The lowest BCUT2D eigenvalue weighted by molar-refractivity contribution is 1.10. The van der Waals surface area contributed by atoms with Crippen molar-refractivity contribution in [1.82, 2.24) is 0 Å². The molecule has 0 aliphatic carbocycles. The molecule has 0 saturated heterocycles. The van der Waals surface area contributed by atoms with Crippen LogP contribution in [0.25, 0.3) is 0 Å². The average molecular weight is 413 g/mol. The highest BCUT2D eigenvalue weighted by molar-refractivity contribution is 8.49. The number of benzene rings is 4. The van der Waals surface area contributed by atoms with Crippen LogP contribution < -0.4 is 21.2 Å². The molecule has 2 heteroatoms. The summed E-state index contributed by atoms with van der Waals surface area (Å²) in [5.41, 5.74) is 0. The van der Waals surface area contributed by atoms with Crippen molar-refractivity contribution >= 4 is 35.8 Å². The Kier molecular flexibility index (Phi) is 6.56. The maximum atomic E-state index is 2.37. The molecule has 4 rings (SSSR count). The third kappa shape index (κ3) is 4.06. The van der Waals surface area contributed by atoms with Gasteiger partial charge in [0.15, 0.2) is 0 Å². The molecular formula is C27H27P2+. The van der Waals surface area contributed by atoms with Crippen LogP contribution in [0, 0.1) is 0 Å². The van der Waals surface area contributed by atoms with Crippen LogP contribution in [-0.4, -0.2) is 6.16 Å². The van der Waals surface area contributed by atoms with Gasteiger partial charge in [0.1, 0.15) is 25.2 Å². The fourth-order valence-electron chi connectivity index (χ4n) is 4.09. The Bertz CT molecular complexity index is 920. The topological polar surface area (TPSA) is 0 Å². The Morgan fingerprint density at radius 2 is 0.862 bits per heavy atom. The first-order valence-electron chi connectivity index (χ1n) is 10.3. The molecule has 0 saturated carbocycles. The molecule has 0 fully saturated rings. The van der Waals surface area contributed by atoms with Crippen molar-refractivity contribution in [2.45, 2.75) is 13.3 Å². The second kappa shape index (κ2) is 9.49. The summed E-state index contributed by atoms with van der Waals surface area (Å²) in [6.45, 7) is 0.647. The number of hydrogen-bond donors (Lipinski definition) is 0. The highest BCUT2D eigenvalue weighted by atomic mass is 32.1. The van der Waals surface area contributed by atoms with Crippen molar-refractivity contribution in [3.63, 3.8) is 0 Å². The predicted molar refractivity (Wildman–Crippen MR) is 133 cm³/mol. The Labute approximate surface area is 176 Å². The second-order valence-corrected chi connectivity index (χ2v) is 15.1. The molecule has 0 atom stereocenters. The standard InChI is InChI=1S/C27H27P2/c1-2-23-29(26-19-11-5-12-20-26,27-21-13-6-14-22-27)28(24-15-7-3-8-16-24)25-17-9-4-10-18-25/h3-22H,2,23H2,1H3/q+1. The summed E-state index contributed by atoms with van der Waals surface area (Å²) >= 11 is 0. The fraction of sp³-hybridized carbons (Fsp3) is 0.111. The molecule has 0 bridgehead atoms. The van der Waals surface area contributed by atoms with Gasteiger partial charge in [0.25, 0.3) is 0 Å². The predicted octanol–water partition coefficient (Wildman–Crippen LogP) is 6.11. The number of hydrogen-bond acceptors (Lipinski definition) is 0. The van der Waals surface area contributed by atoms with Crippen molar-refractivity contribution in [2.75, 3.05) is 6.16 Å². The van der Waals surface area contributed by atoms with E-state index >= 15 is 0 Å². The minimum Gasteiger partial charge on any atom is -0.0622 e. The van der Waals surface area contributed by atoms with Gasteiger partial charge in [-0.2, -0.15) is 0 Å². The molecule has 0 aliphatic rings. The normalized spacial score (nSPS) is 11.5. The van der Waals surface area contributed by atoms with Crippen molar-refractivity contribution < 1.29 is 0 Å². The van der Waals surface area contributed by atoms with Crippen molar-refractivity contribution in [1.29, 1.82) is 0 Å². The molecule has 4 aromatic rings. The lowest BCUT2D eigenvalue weighted by Gasteiger charge is -2.34. The summed E-state index contributed by atoms with van der Waals surface area (Å²) in [5.74, 6) is 0. The van der Waals surface area contributed by atoms with Gasteiger partial charge in [-0.3, -0.25) is 0 Å². The summed E-state index contributed by atoms with van der Waals surface area (Å²) in [6.07, 6.45) is 2.40. The van der Waals surface area contributed by atoms with E-state index in [2.05, 4.69) is 128 Å². The monoisotopic (exact) mass is 413 g/mol. The van der Waals surface area contributed by atoms with Crippen LogP contribution in [0.15, 0.2) is 121 Å². The zero-order chi connectivity index (χ0) is 19.9. The zero-order valence-electron chi connectivity index (χ0n) is 16.9. The molecule has 0 nitrogen and oxygen atoms in total. The maximum Gasteiger partial charge on any atom is 0.129 e. The minimum atomic E-state index is -1.69. The Hall–Kier alpha value is -2.26. The second-order valence-electron chi connectivity index (χ2n) is 7.15. The van der Waals surface area contributed by atoms with Gasteiger partial charge in [-0.05, 0) is 30.7 Å². The van der Waals surface area contributed by atoms with Gasteiger partial charge in [0.2, 0.25) is 0 Å². The quantitative estimate of drug-likeness (QED) is 0.321. The van der Waals surface area contributed by atoms with E-state index in [9.17, 15) is 0 Å². The van der Waals surface area contributed by atoms with Crippen LogP contribution in [0.3, 0.4) is 0 Å². The number of rotatable bonds is 7. The first kappa shape index (κ1) is 20.0. The molecule has 0 aliphatic heterocycles. The van der Waals surface area contributed by atoms with Gasteiger partial charge in [-0.1, -0.05) is 104 Å². The summed E-state index contributed by atoms with van der Waals surface area (Å²) in [6, 6.07) is 45.1. The SMILES string of the molecule is CCC[P+](c1ccccc1)(c1ccccc1)P(c1ccccc1)c1ccccc1. The van der Waals surface area contributed by atoms with Crippen molar-refractivity contribution in [3.05, 3.63) is 121 Å². The molecule has 29 heavy (non-hydrogen) atoms. The van der Waals surface area contributed by atoms with E-state index in [1.165, 1.54) is 33.8 Å². The van der Waals surface area contributed by atoms with Crippen LogP contribution in [-0.2, 0) is 0 Å². The molecular weight excluding hydrogens is 386 g/mol. The van der Waals surface area contributed by atoms with E-state index in [1.54, 1.807) is 0 Å². The highest BCUT2D eigenvalue weighted by Gasteiger charge is 2.51. The minimum absolute atomic E-state index is 0.546. The molecule has 0 N–H and O–H groups in total. The molecule has 144 valence electrons. The van der Waals surface area contributed by atoms with Crippen LogP contribution in [0.5, 0.6) is 0 Å². The van der Waals surface area contributed by atoms with E-state index in [0.717, 1.165) is 0 Å². The molecule has 0 radical (unpaired) electrons. The van der Waals surface area contributed by atoms with Crippen molar-refractivity contribution in [3.8, 4) is 0 Å². The largest absolute Gasteiger partial charge is 0.129 e. The average Bonchev–Trinajstić information content (AvgIpc) is 2.81. The third-order valence-corrected chi connectivity index (χ3v) is 16.3. The van der Waals surface area contributed by atoms with Crippen LogP contribution >= 0.6 is 14.6 Å². The van der Waals surface area contributed by atoms with Crippen LogP contribution in [0.1, 0.15) is 13.3 Å². The van der Waals surface area contributed by atoms with Gasteiger partial charge in [0.05, 0.1) is 6.16 Å². The molecule has 0 heterocycles. The fourth-order valence-corrected chi connectivity index (χ4v) is 16.1. The van der Waals surface area contributed by atoms with E-state index in [1.807, 2.05) is 0 Å². The molecule has 0 unspecified atom stereocenters. The Morgan fingerprint density at radius 3 is 1.21 bits per heavy atom. The molecule has 0 spiro atoms. The summed E-state index contributed by atoms with van der Waals surface area (Å²) in [4.78, 5) is 0. The first-order valence-corrected chi connectivity index (χ1v) is 14.3. The first-order chi connectivity index (χ1) is 14.4. The highest BCUT2D eigenvalue weighted by Crippen LogP contribution is 2.81. The van der Waals surface area contributed by atoms with E-state index in [4.69, 9.17) is 0 Å². The van der Waals surface area contributed by atoms with Gasteiger partial charge in [-0.15, -0.1) is 0 Å². The maximum absolute atomic E-state index is 2.37. The van der Waals surface area contributed by atoms with Gasteiger partial charge < -0.3 is 0 Å². The smallest absolute Gasteiger partial charge is 0.0622 e. The lowest BCUT2D eigenvalue weighted by Crippen LogP contribution is -2.29. The van der Waals surface area contributed by atoms with E-state index < -0.39 is 14.6 Å².